The van der Waals surface area contributed by atoms with Crippen molar-refractivity contribution in [2.75, 3.05) is 5.73 Å². The van der Waals surface area contributed by atoms with Crippen LogP contribution in [0.5, 0.6) is 0 Å². The van der Waals surface area contributed by atoms with Gasteiger partial charge in [-0.2, -0.15) is 13.2 Å². The Morgan fingerprint density at radius 2 is 1.65 bits per heavy atom. The summed E-state index contributed by atoms with van der Waals surface area (Å²) in [5.41, 5.74) is 5.33. The smallest absolute Gasteiger partial charge is 0.398 e. The number of anilines is 1. The summed E-state index contributed by atoms with van der Waals surface area (Å²) >= 11 is 5.72. The predicted octanol–water partition coefficient (Wildman–Crippen LogP) is 4.02. The van der Waals surface area contributed by atoms with Crippen molar-refractivity contribution in [2.45, 2.75) is 12.3 Å². The van der Waals surface area contributed by atoms with Crippen LogP contribution in [0.25, 0.3) is 0 Å². The topological polar surface area (TPSA) is 46.2 Å². The molecule has 0 amide bonds. The summed E-state index contributed by atoms with van der Waals surface area (Å²) in [6.45, 7) is 0. The molecule has 20 heavy (non-hydrogen) atoms. The Bertz CT molecular complexity index is 611. The summed E-state index contributed by atoms with van der Waals surface area (Å²) in [6.07, 6.45) is -5.73. The highest BCUT2D eigenvalue weighted by Gasteiger charge is 2.31. The van der Waals surface area contributed by atoms with E-state index in [1.54, 1.807) is 12.1 Å². The Kier molecular flexibility index (Phi) is 3.92. The highest BCUT2D eigenvalue weighted by molar-refractivity contribution is 6.30. The second-order valence-corrected chi connectivity index (χ2v) is 4.73. The van der Waals surface area contributed by atoms with Crippen molar-refractivity contribution in [1.82, 2.24) is 0 Å². The summed E-state index contributed by atoms with van der Waals surface area (Å²) in [5, 5.41) is 10.6. The second-order valence-electron chi connectivity index (χ2n) is 4.30. The van der Waals surface area contributed by atoms with E-state index in [1.807, 2.05) is 0 Å². The lowest BCUT2D eigenvalue weighted by Gasteiger charge is -2.16. The van der Waals surface area contributed by atoms with Crippen molar-refractivity contribution in [3.05, 3.63) is 64.2 Å². The molecule has 0 aliphatic heterocycles. The van der Waals surface area contributed by atoms with E-state index in [-0.39, 0.29) is 11.3 Å². The molecule has 1 unspecified atom stereocenters. The summed E-state index contributed by atoms with van der Waals surface area (Å²) in [4.78, 5) is 0. The molecule has 0 aliphatic rings. The van der Waals surface area contributed by atoms with Gasteiger partial charge in [-0.15, -0.1) is 0 Å². The van der Waals surface area contributed by atoms with E-state index >= 15 is 0 Å². The van der Waals surface area contributed by atoms with Gasteiger partial charge in [-0.1, -0.05) is 23.7 Å². The highest BCUT2D eigenvalue weighted by atomic mass is 35.5. The molecule has 106 valence electrons. The minimum absolute atomic E-state index is 0.0159. The van der Waals surface area contributed by atoms with Gasteiger partial charge in [0, 0.05) is 16.3 Å². The van der Waals surface area contributed by atoms with E-state index < -0.39 is 17.8 Å². The third kappa shape index (κ3) is 3.05. The molecule has 6 heteroatoms. The molecule has 2 rings (SSSR count). The number of rotatable bonds is 2. The fourth-order valence-electron chi connectivity index (χ4n) is 1.81. The molecule has 0 fully saturated rings. The molecular weight excluding hydrogens is 291 g/mol. The first-order valence-electron chi connectivity index (χ1n) is 5.69. The number of halogens is 4. The highest BCUT2D eigenvalue weighted by Crippen LogP contribution is 2.34. The van der Waals surface area contributed by atoms with E-state index in [4.69, 9.17) is 17.3 Å². The summed E-state index contributed by atoms with van der Waals surface area (Å²) in [7, 11) is 0. The Hall–Kier alpha value is -1.72. The van der Waals surface area contributed by atoms with E-state index in [2.05, 4.69) is 0 Å². The molecule has 2 aromatic rings. The first-order chi connectivity index (χ1) is 9.29. The molecular formula is C14H11ClF3NO. The van der Waals surface area contributed by atoms with Gasteiger partial charge in [-0.05, 0) is 35.9 Å². The lowest BCUT2D eigenvalue weighted by molar-refractivity contribution is -0.137. The van der Waals surface area contributed by atoms with E-state index in [0.29, 0.717) is 10.6 Å². The SMILES string of the molecule is Nc1ccc(C(F)(F)F)cc1C(O)c1ccc(Cl)cc1. The predicted molar refractivity (Wildman–Crippen MR) is 71.4 cm³/mol. The zero-order chi connectivity index (χ0) is 14.9. The van der Waals surface area contributed by atoms with Crippen molar-refractivity contribution in [2.24, 2.45) is 0 Å². The number of nitrogens with two attached hydrogens (primary N) is 1. The fourth-order valence-corrected chi connectivity index (χ4v) is 1.94. The van der Waals surface area contributed by atoms with Gasteiger partial charge in [0.15, 0.2) is 0 Å². The van der Waals surface area contributed by atoms with Gasteiger partial charge in [-0.25, -0.2) is 0 Å². The maximum absolute atomic E-state index is 12.7. The van der Waals surface area contributed by atoms with Crippen LogP contribution in [0.2, 0.25) is 5.02 Å². The van der Waals surface area contributed by atoms with Crippen LogP contribution in [0.1, 0.15) is 22.8 Å². The first-order valence-corrected chi connectivity index (χ1v) is 6.07. The molecule has 0 saturated carbocycles. The van der Waals surface area contributed by atoms with E-state index in [9.17, 15) is 18.3 Å². The Morgan fingerprint density at radius 1 is 1.05 bits per heavy atom. The summed E-state index contributed by atoms with van der Waals surface area (Å²) in [5.74, 6) is 0. The van der Waals surface area contributed by atoms with Crippen molar-refractivity contribution < 1.29 is 18.3 Å². The van der Waals surface area contributed by atoms with Gasteiger partial charge >= 0.3 is 6.18 Å². The fraction of sp³-hybridized carbons (Fsp3) is 0.143. The Balaban J connectivity index is 2.43. The lowest BCUT2D eigenvalue weighted by Crippen LogP contribution is -2.09. The number of benzene rings is 2. The minimum Gasteiger partial charge on any atom is -0.398 e. The molecule has 2 nitrogen and oxygen atoms in total. The monoisotopic (exact) mass is 301 g/mol. The number of aliphatic hydroxyl groups excluding tert-OH is 1. The van der Waals surface area contributed by atoms with Gasteiger partial charge in [0.2, 0.25) is 0 Å². The van der Waals surface area contributed by atoms with Gasteiger partial charge in [0.1, 0.15) is 6.10 Å². The van der Waals surface area contributed by atoms with E-state index in [1.165, 1.54) is 12.1 Å². The van der Waals surface area contributed by atoms with Gasteiger partial charge < -0.3 is 10.8 Å². The third-order valence-electron chi connectivity index (χ3n) is 2.89. The Morgan fingerprint density at radius 3 is 2.20 bits per heavy atom. The number of aliphatic hydroxyl groups is 1. The zero-order valence-corrected chi connectivity index (χ0v) is 10.9. The van der Waals surface area contributed by atoms with Crippen LogP contribution in [0.3, 0.4) is 0 Å². The molecule has 0 aliphatic carbocycles. The van der Waals surface area contributed by atoms with Gasteiger partial charge in [-0.3, -0.25) is 0 Å². The van der Waals surface area contributed by atoms with Gasteiger partial charge in [0.05, 0.1) is 5.56 Å². The Labute approximate surface area is 118 Å². The van der Waals surface area contributed by atoms with Crippen LogP contribution < -0.4 is 5.73 Å². The molecule has 0 aromatic heterocycles. The van der Waals surface area contributed by atoms with Crippen LogP contribution in [0.15, 0.2) is 42.5 Å². The molecule has 0 saturated heterocycles. The molecule has 2 aromatic carbocycles. The largest absolute Gasteiger partial charge is 0.416 e. The van der Waals surface area contributed by atoms with Crippen LogP contribution in [0.4, 0.5) is 18.9 Å². The normalized spacial score (nSPS) is 13.2. The average molecular weight is 302 g/mol. The zero-order valence-electron chi connectivity index (χ0n) is 10.2. The molecule has 1 atom stereocenters. The molecule has 0 radical (unpaired) electrons. The van der Waals surface area contributed by atoms with Crippen molar-refractivity contribution in [3.8, 4) is 0 Å². The number of hydrogen-bond donors (Lipinski definition) is 2. The number of nitrogen functional groups attached to an aromatic ring is 1. The lowest BCUT2D eigenvalue weighted by atomic mass is 9.98. The summed E-state index contributed by atoms with van der Waals surface area (Å²) < 4.78 is 38.0. The second kappa shape index (κ2) is 5.34. The minimum atomic E-state index is -4.48. The molecule has 0 heterocycles. The van der Waals surface area contributed by atoms with Crippen LogP contribution in [0, 0.1) is 0 Å². The quantitative estimate of drug-likeness (QED) is 0.823. The molecule has 0 bridgehead atoms. The average Bonchev–Trinajstić information content (AvgIpc) is 2.38. The van der Waals surface area contributed by atoms with Crippen molar-refractivity contribution >= 4 is 17.3 Å². The summed E-state index contributed by atoms with van der Waals surface area (Å²) in [6, 6.07) is 9.03. The standard InChI is InChI=1S/C14H11ClF3NO/c15-10-4-1-8(2-5-10)13(20)11-7-9(14(16,17)18)3-6-12(11)19/h1-7,13,20H,19H2. The number of hydrogen-bond acceptors (Lipinski definition) is 2. The molecule has 0 spiro atoms. The number of alkyl halides is 3. The maximum atomic E-state index is 12.7. The first kappa shape index (κ1) is 14.7. The van der Waals surface area contributed by atoms with Crippen LogP contribution >= 0.6 is 11.6 Å². The molecule has 3 N–H and O–H groups in total. The maximum Gasteiger partial charge on any atom is 0.416 e. The van der Waals surface area contributed by atoms with Crippen LogP contribution in [-0.4, -0.2) is 5.11 Å². The third-order valence-corrected chi connectivity index (χ3v) is 3.15. The van der Waals surface area contributed by atoms with Crippen LogP contribution in [-0.2, 0) is 6.18 Å². The van der Waals surface area contributed by atoms with E-state index in [0.717, 1.165) is 18.2 Å². The van der Waals surface area contributed by atoms with Crippen molar-refractivity contribution in [3.63, 3.8) is 0 Å². The van der Waals surface area contributed by atoms with Crippen molar-refractivity contribution in [1.29, 1.82) is 0 Å². The van der Waals surface area contributed by atoms with Gasteiger partial charge in [0.25, 0.3) is 0 Å².